The van der Waals surface area contributed by atoms with E-state index in [9.17, 15) is 0 Å². The first-order chi connectivity index (χ1) is 11.8. The van der Waals surface area contributed by atoms with Crippen molar-refractivity contribution in [3.05, 3.63) is 35.5 Å². The van der Waals surface area contributed by atoms with E-state index >= 15 is 0 Å². The highest BCUT2D eigenvalue weighted by molar-refractivity contribution is 5.33. The molecule has 0 amide bonds. The summed E-state index contributed by atoms with van der Waals surface area (Å²) in [5.74, 6) is 2.63. The summed E-state index contributed by atoms with van der Waals surface area (Å²) in [6, 6.07) is 3.90. The number of nitrogens with zero attached hydrogens (tertiary/aromatic N) is 5. The van der Waals surface area contributed by atoms with Gasteiger partial charge in [-0.3, -0.25) is 4.90 Å². The van der Waals surface area contributed by atoms with E-state index in [0.717, 1.165) is 62.4 Å². The molecule has 2 aromatic heterocycles. The summed E-state index contributed by atoms with van der Waals surface area (Å²) in [4.78, 5) is 7.29. The molecule has 0 bridgehead atoms. The van der Waals surface area contributed by atoms with Crippen LogP contribution in [0.15, 0.2) is 18.3 Å². The van der Waals surface area contributed by atoms with Gasteiger partial charge in [0.2, 0.25) is 0 Å². The van der Waals surface area contributed by atoms with Crippen LogP contribution in [0.5, 0.6) is 0 Å². The van der Waals surface area contributed by atoms with Crippen LogP contribution < -0.4 is 5.32 Å². The molecule has 7 nitrogen and oxygen atoms in total. The lowest BCUT2D eigenvalue weighted by Gasteiger charge is -2.29. The van der Waals surface area contributed by atoms with Gasteiger partial charge in [0, 0.05) is 32.4 Å². The molecule has 2 aliphatic heterocycles. The lowest BCUT2D eigenvalue weighted by atomic mass is 10.1. The molecule has 1 atom stereocenters. The maximum Gasteiger partial charge on any atom is 0.148 e. The molecule has 7 heteroatoms. The van der Waals surface area contributed by atoms with Crippen LogP contribution >= 0.6 is 0 Å². The van der Waals surface area contributed by atoms with Gasteiger partial charge < -0.3 is 14.6 Å². The first kappa shape index (κ1) is 15.5. The van der Waals surface area contributed by atoms with E-state index in [1.54, 1.807) is 0 Å². The third kappa shape index (κ3) is 3.57. The molecule has 24 heavy (non-hydrogen) atoms. The second-order valence-corrected chi connectivity index (χ2v) is 6.72. The Bertz CT molecular complexity index is 677. The predicted octanol–water partition coefficient (Wildman–Crippen LogP) is 1.45. The van der Waals surface area contributed by atoms with Crippen molar-refractivity contribution in [1.82, 2.24) is 24.6 Å². The predicted molar refractivity (Wildman–Crippen MR) is 90.5 cm³/mol. The minimum Gasteiger partial charge on any atom is -0.381 e. The van der Waals surface area contributed by atoms with Gasteiger partial charge in [-0.15, -0.1) is 5.10 Å². The van der Waals surface area contributed by atoms with E-state index < -0.39 is 0 Å². The van der Waals surface area contributed by atoms with Crippen LogP contribution in [0.25, 0.3) is 0 Å². The average molecular weight is 328 g/mol. The fourth-order valence-corrected chi connectivity index (χ4v) is 3.37. The van der Waals surface area contributed by atoms with Gasteiger partial charge in [0.25, 0.3) is 0 Å². The number of aromatic nitrogens is 4. The fourth-order valence-electron chi connectivity index (χ4n) is 3.37. The highest BCUT2D eigenvalue weighted by Crippen LogP contribution is 2.19. The van der Waals surface area contributed by atoms with Crippen molar-refractivity contribution in [1.29, 1.82) is 0 Å². The maximum atomic E-state index is 5.49. The Labute approximate surface area is 142 Å². The molecule has 1 fully saturated rings. The van der Waals surface area contributed by atoms with Gasteiger partial charge >= 0.3 is 0 Å². The normalized spacial score (nSPS) is 21.0. The van der Waals surface area contributed by atoms with Crippen molar-refractivity contribution >= 4 is 5.82 Å². The highest BCUT2D eigenvalue weighted by Gasteiger charge is 2.23. The summed E-state index contributed by atoms with van der Waals surface area (Å²) in [6.07, 6.45) is 3.34. The van der Waals surface area contributed by atoms with Gasteiger partial charge in [-0.1, -0.05) is 0 Å². The molecular weight excluding hydrogens is 304 g/mol. The quantitative estimate of drug-likeness (QED) is 0.896. The first-order valence-corrected chi connectivity index (χ1v) is 8.65. The largest absolute Gasteiger partial charge is 0.381 e. The Morgan fingerprint density at radius 1 is 1.29 bits per heavy atom. The summed E-state index contributed by atoms with van der Waals surface area (Å²) in [5.41, 5.74) is 1.98. The summed E-state index contributed by atoms with van der Waals surface area (Å²) >= 11 is 0. The third-order valence-electron chi connectivity index (χ3n) is 4.72. The zero-order valence-electron chi connectivity index (χ0n) is 14.1. The minimum absolute atomic E-state index is 0.675. The lowest BCUT2D eigenvalue weighted by Crippen LogP contribution is -2.37. The molecule has 0 radical (unpaired) electrons. The van der Waals surface area contributed by atoms with Gasteiger partial charge in [0.15, 0.2) is 0 Å². The van der Waals surface area contributed by atoms with E-state index in [2.05, 4.69) is 31.2 Å². The van der Waals surface area contributed by atoms with Crippen LogP contribution in [-0.4, -0.2) is 51.0 Å². The molecule has 0 unspecified atom stereocenters. The SMILES string of the molecule is Cc1ccc(NCc2cn3c(n2)CN(C[C@@H]2CCOC2)CC3)nn1. The van der Waals surface area contributed by atoms with Crippen LogP contribution in [0, 0.1) is 12.8 Å². The second kappa shape index (κ2) is 6.86. The summed E-state index contributed by atoms with van der Waals surface area (Å²) in [5, 5.41) is 11.5. The van der Waals surface area contributed by atoms with Crippen LogP contribution in [-0.2, 0) is 24.4 Å². The Kier molecular flexibility index (Phi) is 4.44. The summed E-state index contributed by atoms with van der Waals surface area (Å²) in [6.45, 7) is 8.61. The fraction of sp³-hybridized carbons (Fsp3) is 0.588. The molecule has 1 N–H and O–H groups in total. The van der Waals surface area contributed by atoms with E-state index in [1.807, 2.05) is 19.1 Å². The zero-order chi connectivity index (χ0) is 16.4. The highest BCUT2D eigenvalue weighted by atomic mass is 16.5. The van der Waals surface area contributed by atoms with Crippen LogP contribution in [0.1, 0.15) is 23.6 Å². The molecule has 0 spiro atoms. The van der Waals surface area contributed by atoms with E-state index in [4.69, 9.17) is 9.72 Å². The van der Waals surface area contributed by atoms with Crippen molar-refractivity contribution in [3.8, 4) is 0 Å². The summed E-state index contributed by atoms with van der Waals surface area (Å²) in [7, 11) is 0. The Hall–Kier alpha value is -1.99. The minimum atomic E-state index is 0.675. The number of nitrogens with one attached hydrogen (secondary N) is 1. The Morgan fingerprint density at radius 2 is 2.25 bits per heavy atom. The number of hydrogen-bond donors (Lipinski definition) is 1. The third-order valence-corrected chi connectivity index (χ3v) is 4.72. The number of anilines is 1. The number of hydrogen-bond acceptors (Lipinski definition) is 6. The topological polar surface area (TPSA) is 68.1 Å². The van der Waals surface area contributed by atoms with Crippen LogP contribution in [0.2, 0.25) is 0 Å². The lowest BCUT2D eigenvalue weighted by molar-refractivity contribution is 0.152. The maximum absolute atomic E-state index is 5.49. The molecule has 0 aliphatic carbocycles. The first-order valence-electron chi connectivity index (χ1n) is 8.65. The number of fused-ring (bicyclic) bond motifs is 1. The van der Waals surface area contributed by atoms with Crippen molar-refractivity contribution < 1.29 is 4.74 Å². The smallest absolute Gasteiger partial charge is 0.148 e. The molecule has 4 rings (SSSR count). The Balaban J connectivity index is 1.34. The molecule has 0 saturated carbocycles. The monoisotopic (exact) mass is 328 g/mol. The molecule has 2 aliphatic rings. The van der Waals surface area contributed by atoms with E-state index in [0.29, 0.717) is 12.5 Å². The molecular formula is C17H24N6O. The van der Waals surface area contributed by atoms with Gasteiger partial charge in [0.1, 0.15) is 11.6 Å². The molecule has 1 saturated heterocycles. The van der Waals surface area contributed by atoms with Crippen molar-refractivity contribution in [3.63, 3.8) is 0 Å². The molecule has 4 heterocycles. The second-order valence-electron chi connectivity index (χ2n) is 6.72. The van der Waals surface area contributed by atoms with Crippen LogP contribution in [0.4, 0.5) is 5.82 Å². The number of ether oxygens (including phenoxy) is 1. The number of imidazole rings is 1. The Morgan fingerprint density at radius 3 is 3.04 bits per heavy atom. The van der Waals surface area contributed by atoms with Crippen molar-refractivity contribution in [2.45, 2.75) is 33.0 Å². The zero-order valence-corrected chi connectivity index (χ0v) is 14.1. The standard InChI is InChI=1S/C17H24N6O/c1-13-2-3-16(21-20-13)18-8-15-10-23-6-5-22(11-17(23)19-15)9-14-4-7-24-12-14/h2-3,10,14H,4-9,11-12H2,1H3,(H,18,21)/t14-/m0/s1. The summed E-state index contributed by atoms with van der Waals surface area (Å²) < 4.78 is 7.76. The van der Waals surface area contributed by atoms with Gasteiger partial charge in [-0.2, -0.15) is 5.10 Å². The van der Waals surface area contributed by atoms with Gasteiger partial charge in [-0.05, 0) is 31.4 Å². The number of aryl methyl sites for hydroxylation is 1. The van der Waals surface area contributed by atoms with Gasteiger partial charge in [0.05, 0.1) is 31.1 Å². The van der Waals surface area contributed by atoms with Crippen molar-refractivity contribution in [2.24, 2.45) is 5.92 Å². The van der Waals surface area contributed by atoms with E-state index in [1.165, 1.54) is 6.42 Å². The number of rotatable bonds is 5. The average Bonchev–Trinajstić information content (AvgIpc) is 3.23. The molecule has 2 aromatic rings. The van der Waals surface area contributed by atoms with Gasteiger partial charge in [-0.25, -0.2) is 4.98 Å². The van der Waals surface area contributed by atoms with Crippen molar-refractivity contribution in [2.75, 3.05) is 31.6 Å². The van der Waals surface area contributed by atoms with Crippen LogP contribution in [0.3, 0.4) is 0 Å². The molecule has 128 valence electrons. The van der Waals surface area contributed by atoms with E-state index in [-0.39, 0.29) is 0 Å². The molecule has 0 aromatic carbocycles.